The first-order chi connectivity index (χ1) is 8.47. The molecule has 0 bridgehead atoms. The fourth-order valence-electron chi connectivity index (χ4n) is 2.30. The Kier molecular flexibility index (Phi) is 4.11. The van der Waals surface area contributed by atoms with Gasteiger partial charge >= 0.3 is 0 Å². The third kappa shape index (κ3) is 3.84. The van der Waals surface area contributed by atoms with Crippen molar-refractivity contribution in [3.8, 4) is 0 Å². The molecular weight excluding hydrogens is 218 g/mol. The zero-order valence-electron chi connectivity index (χ0n) is 12.3. The summed E-state index contributed by atoms with van der Waals surface area (Å²) in [4.78, 5) is 0. The zero-order chi connectivity index (χ0) is 13.2. The van der Waals surface area contributed by atoms with Gasteiger partial charge in [0.1, 0.15) is 0 Å². The van der Waals surface area contributed by atoms with Gasteiger partial charge in [-0.25, -0.2) is 0 Å². The largest absolute Gasteiger partial charge is 0.310 e. The highest BCUT2D eigenvalue weighted by molar-refractivity contribution is 5.28. The monoisotopic (exact) mass is 245 g/mol. The zero-order valence-corrected chi connectivity index (χ0v) is 12.3. The molecular formula is C17H27N. The Hall–Kier alpha value is -0.820. The molecule has 1 nitrogen and oxygen atoms in total. The molecule has 0 aromatic heterocycles. The third-order valence-electron chi connectivity index (χ3n) is 3.98. The van der Waals surface area contributed by atoms with E-state index in [0.29, 0.717) is 6.04 Å². The Morgan fingerprint density at radius 3 is 2.28 bits per heavy atom. The number of benzene rings is 1. The van der Waals surface area contributed by atoms with Crippen molar-refractivity contribution >= 4 is 0 Å². The molecule has 0 amide bonds. The summed E-state index contributed by atoms with van der Waals surface area (Å²) in [7, 11) is 0. The molecule has 1 aromatic carbocycles. The summed E-state index contributed by atoms with van der Waals surface area (Å²) in [6.07, 6.45) is 4.26. The van der Waals surface area contributed by atoms with E-state index < -0.39 is 0 Å². The molecule has 1 aromatic rings. The Morgan fingerprint density at radius 1 is 1.17 bits per heavy atom. The maximum Gasteiger partial charge on any atom is 0.0291 e. The molecule has 0 radical (unpaired) electrons. The van der Waals surface area contributed by atoms with E-state index in [-0.39, 0.29) is 5.41 Å². The molecule has 1 saturated carbocycles. The molecule has 0 aliphatic heterocycles. The van der Waals surface area contributed by atoms with Gasteiger partial charge in [0.2, 0.25) is 0 Å². The standard InChI is InChI=1S/C17H27N/c1-13(18-12-11-14-5-6-14)15-7-9-16(10-8-15)17(2,3)4/h7-10,13-14,18H,5-6,11-12H2,1-4H3. The third-order valence-corrected chi connectivity index (χ3v) is 3.98. The lowest BCUT2D eigenvalue weighted by Gasteiger charge is -2.20. The molecule has 1 aliphatic rings. The highest BCUT2D eigenvalue weighted by atomic mass is 14.9. The van der Waals surface area contributed by atoms with Gasteiger partial charge in [-0.2, -0.15) is 0 Å². The molecule has 1 unspecified atom stereocenters. The van der Waals surface area contributed by atoms with Gasteiger partial charge in [0.15, 0.2) is 0 Å². The van der Waals surface area contributed by atoms with Crippen LogP contribution in [0, 0.1) is 5.92 Å². The van der Waals surface area contributed by atoms with Crippen LogP contribution < -0.4 is 5.32 Å². The van der Waals surface area contributed by atoms with E-state index >= 15 is 0 Å². The minimum Gasteiger partial charge on any atom is -0.310 e. The number of nitrogens with one attached hydrogen (secondary N) is 1. The van der Waals surface area contributed by atoms with Crippen LogP contribution in [0.4, 0.5) is 0 Å². The molecule has 100 valence electrons. The van der Waals surface area contributed by atoms with Gasteiger partial charge in [-0.05, 0) is 42.3 Å². The lowest BCUT2D eigenvalue weighted by molar-refractivity contribution is 0.538. The minimum absolute atomic E-state index is 0.251. The van der Waals surface area contributed by atoms with Crippen LogP contribution in [-0.4, -0.2) is 6.54 Å². The van der Waals surface area contributed by atoms with Crippen molar-refractivity contribution in [1.82, 2.24) is 5.32 Å². The summed E-state index contributed by atoms with van der Waals surface area (Å²) >= 11 is 0. The van der Waals surface area contributed by atoms with Crippen molar-refractivity contribution in [3.63, 3.8) is 0 Å². The summed E-state index contributed by atoms with van der Waals surface area (Å²) in [5.74, 6) is 1.02. The normalized spacial score (nSPS) is 17.8. The second-order valence-electron chi connectivity index (χ2n) is 6.78. The van der Waals surface area contributed by atoms with E-state index in [9.17, 15) is 0 Å². The van der Waals surface area contributed by atoms with Crippen LogP contribution >= 0.6 is 0 Å². The van der Waals surface area contributed by atoms with Crippen LogP contribution in [0.15, 0.2) is 24.3 Å². The highest BCUT2D eigenvalue weighted by Gasteiger charge is 2.20. The van der Waals surface area contributed by atoms with Gasteiger partial charge in [0.05, 0.1) is 0 Å². The molecule has 1 heteroatoms. The first kappa shape index (κ1) is 13.6. The van der Waals surface area contributed by atoms with Crippen LogP contribution in [-0.2, 0) is 5.41 Å². The van der Waals surface area contributed by atoms with E-state index in [4.69, 9.17) is 0 Å². The van der Waals surface area contributed by atoms with E-state index in [0.717, 1.165) is 12.5 Å². The Labute approximate surface area is 112 Å². The summed E-state index contributed by atoms with van der Waals surface area (Å²) in [5.41, 5.74) is 3.07. The topological polar surface area (TPSA) is 12.0 Å². The fraction of sp³-hybridized carbons (Fsp3) is 0.647. The van der Waals surface area contributed by atoms with Crippen LogP contribution in [0.1, 0.15) is 64.1 Å². The molecule has 0 heterocycles. The van der Waals surface area contributed by atoms with Crippen LogP contribution in [0.25, 0.3) is 0 Å². The second-order valence-corrected chi connectivity index (χ2v) is 6.78. The van der Waals surface area contributed by atoms with Crippen LogP contribution in [0.2, 0.25) is 0 Å². The average Bonchev–Trinajstić information content (AvgIpc) is 3.12. The SMILES string of the molecule is CC(NCCC1CC1)c1ccc(C(C)(C)C)cc1. The van der Waals surface area contributed by atoms with Crippen LogP contribution in [0.3, 0.4) is 0 Å². The highest BCUT2D eigenvalue weighted by Crippen LogP contribution is 2.32. The first-order valence-corrected chi connectivity index (χ1v) is 7.30. The van der Waals surface area contributed by atoms with Crippen molar-refractivity contribution in [2.45, 2.75) is 58.4 Å². The lowest BCUT2D eigenvalue weighted by atomic mass is 9.86. The van der Waals surface area contributed by atoms with Gasteiger partial charge in [-0.3, -0.25) is 0 Å². The van der Waals surface area contributed by atoms with Crippen molar-refractivity contribution in [1.29, 1.82) is 0 Å². The predicted octanol–water partition coefficient (Wildman–Crippen LogP) is 4.43. The van der Waals surface area contributed by atoms with Crippen molar-refractivity contribution in [3.05, 3.63) is 35.4 Å². The number of hydrogen-bond donors (Lipinski definition) is 1. The van der Waals surface area contributed by atoms with E-state index in [1.165, 1.54) is 30.4 Å². The lowest BCUT2D eigenvalue weighted by Crippen LogP contribution is -2.20. The summed E-state index contributed by atoms with van der Waals surface area (Å²) < 4.78 is 0. The van der Waals surface area contributed by atoms with Gasteiger partial charge in [-0.1, -0.05) is 57.9 Å². The maximum atomic E-state index is 3.63. The molecule has 2 rings (SSSR count). The van der Waals surface area contributed by atoms with E-state index in [2.05, 4.69) is 57.3 Å². The van der Waals surface area contributed by atoms with Crippen molar-refractivity contribution in [2.24, 2.45) is 5.92 Å². The Bertz CT molecular complexity index is 368. The molecule has 0 saturated heterocycles. The summed E-state index contributed by atoms with van der Waals surface area (Å²) in [6, 6.07) is 9.56. The van der Waals surface area contributed by atoms with E-state index in [1.54, 1.807) is 0 Å². The van der Waals surface area contributed by atoms with Crippen molar-refractivity contribution < 1.29 is 0 Å². The maximum absolute atomic E-state index is 3.63. The second kappa shape index (κ2) is 5.44. The Morgan fingerprint density at radius 2 is 1.78 bits per heavy atom. The van der Waals surface area contributed by atoms with E-state index in [1.807, 2.05) is 0 Å². The molecule has 1 atom stereocenters. The molecule has 18 heavy (non-hydrogen) atoms. The summed E-state index contributed by atoms with van der Waals surface area (Å²) in [5, 5.41) is 3.63. The number of rotatable bonds is 5. The first-order valence-electron chi connectivity index (χ1n) is 7.30. The molecule has 1 N–H and O–H groups in total. The predicted molar refractivity (Wildman–Crippen MR) is 78.9 cm³/mol. The van der Waals surface area contributed by atoms with Crippen molar-refractivity contribution in [2.75, 3.05) is 6.54 Å². The fourth-order valence-corrected chi connectivity index (χ4v) is 2.30. The molecule has 1 aliphatic carbocycles. The average molecular weight is 245 g/mol. The number of hydrogen-bond acceptors (Lipinski definition) is 1. The minimum atomic E-state index is 0.251. The quantitative estimate of drug-likeness (QED) is 0.809. The van der Waals surface area contributed by atoms with Gasteiger partial charge in [0.25, 0.3) is 0 Å². The van der Waals surface area contributed by atoms with Gasteiger partial charge in [0, 0.05) is 6.04 Å². The summed E-state index contributed by atoms with van der Waals surface area (Å²) in [6.45, 7) is 10.2. The molecule has 0 spiro atoms. The molecule has 1 fully saturated rings. The van der Waals surface area contributed by atoms with Crippen LogP contribution in [0.5, 0.6) is 0 Å². The Balaban J connectivity index is 1.87. The van der Waals surface area contributed by atoms with Gasteiger partial charge < -0.3 is 5.32 Å². The van der Waals surface area contributed by atoms with Gasteiger partial charge in [-0.15, -0.1) is 0 Å². The smallest absolute Gasteiger partial charge is 0.0291 e.